The van der Waals surface area contributed by atoms with E-state index < -0.39 is 37.3 Å². The molecule has 0 amide bonds. The molecule has 0 bridgehead atoms. The van der Waals surface area contributed by atoms with Crippen molar-refractivity contribution in [2.75, 3.05) is 6.61 Å². The van der Waals surface area contributed by atoms with Gasteiger partial charge in [0.1, 0.15) is 30.6 Å². The van der Waals surface area contributed by atoms with Crippen LogP contribution in [-0.4, -0.2) is 57.7 Å². The number of hydrogen-bond acceptors (Lipinski definition) is 6. The molecule has 0 unspecified atom stereocenters. The predicted molar refractivity (Wildman–Crippen MR) is 72.1 cm³/mol. The number of aliphatic hydroxyl groups excluding tert-OH is 4. The summed E-state index contributed by atoms with van der Waals surface area (Å²) in [6.07, 6.45) is -5.77. The largest absolute Gasteiger partial charge is 0.394 e. The predicted octanol–water partition coefficient (Wildman–Crippen LogP) is -0.771. The fourth-order valence-electron chi connectivity index (χ4n) is 2.09. The molecule has 1 aliphatic rings. The van der Waals surface area contributed by atoms with E-state index in [4.69, 9.17) is 21.4 Å². The summed E-state index contributed by atoms with van der Waals surface area (Å²) in [5.74, 6) is 0. The Morgan fingerprint density at radius 1 is 1.05 bits per heavy atom. The number of halogens is 1. The van der Waals surface area contributed by atoms with Crippen molar-refractivity contribution in [3.63, 3.8) is 0 Å². The minimum absolute atomic E-state index is 0.389. The van der Waals surface area contributed by atoms with Crippen LogP contribution >= 0.6 is 11.6 Å². The molecule has 1 fully saturated rings. The van der Waals surface area contributed by atoms with Gasteiger partial charge in [0.05, 0.1) is 6.61 Å². The van der Waals surface area contributed by atoms with Gasteiger partial charge in [-0.05, 0) is 17.7 Å². The van der Waals surface area contributed by atoms with Crippen LogP contribution in [-0.2, 0) is 11.3 Å². The standard InChI is InChI=1S/C13H18ClNO5/c14-8-3-1-7(2-4-8)5-15-13-12(19)11(18)10(17)9(6-16)20-13/h1-4,9-13,15-19H,5-6H2/t9-,10+,11-,12+,13+/m0/s1. The van der Waals surface area contributed by atoms with Gasteiger partial charge in [-0.15, -0.1) is 0 Å². The van der Waals surface area contributed by atoms with Crippen molar-refractivity contribution in [1.82, 2.24) is 5.32 Å². The van der Waals surface area contributed by atoms with Crippen molar-refractivity contribution < 1.29 is 25.2 Å². The average Bonchev–Trinajstić information content (AvgIpc) is 2.46. The lowest BCUT2D eigenvalue weighted by Gasteiger charge is -2.40. The maximum absolute atomic E-state index is 9.84. The molecule has 6 nitrogen and oxygen atoms in total. The van der Waals surface area contributed by atoms with Crippen LogP contribution < -0.4 is 5.32 Å². The Balaban J connectivity index is 1.95. The third-order valence-corrected chi connectivity index (χ3v) is 3.56. The van der Waals surface area contributed by atoms with Crippen LogP contribution in [0.1, 0.15) is 5.56 Å². The van der Waals surface area contributed by atoms with E-state index in [-0.39, 0.29) is 0 Å². The van der Waals surface area contributed by atoms with Gasteiger partial charge >= 0.3 is 0 Å². The van der Waals surface area contributed by atoms with Gasteiger partial charge in [-0.3, -0.25) is 5.32 Å². The highest BCUT2D eigenvalue weighted by molar-refractivity contribution is 6.30. The number of nitrogens with one attached hydrogen (secondary N) is 1. The Hall–Kier alpha value is -0.730. The highest BCUT2D eigenvalue weighted by Gasteiger charge is 2.43. The summed E-state index contributed by atoms with van der Waals surface area (Å²) in [6, 6.07) is 7.12. The molecule has 5 atom stereocenters. The molecule has 0 saturated carbocycles. The van der Waals surface area contributed by atoms with E-state index in [0.29, 0.717) is 11.6 Å². The molecular formula is C13H18ClNO5. The molecule has 7 heteroatoms. The first-order chi connectivity index (χ1) is 9.52. The second-order valence-electron chi connectivity index (χ2n) is 4.76. The zero-order chi connectivity index (χ0) is 14.7. The van der Waals surface area contributed by atoms with E-state index in [9.17, 15) is 15.3 Å². The number of benzene rings is 1. The Bertz CT molecular complexity index is 427. The Morgan fingerprint density at radius 2 is 1.70 bits per heavy atom. The Kier molecular flexibility index (Phi) is 5.34. The Morgan fingerprint density at radius 3 is 2.30 bits per heavy atom. The van der Waals surface area contributed by atoms with Crippen LogP contribution in [0.4, 0.5) is 0 Å². The molecule has 1 aliphatic heterocycles. The summed E-state index contributed by atoms with van der Waals surface area (Å²) in [6.45, 7) is -0.0517. The molecule has 0 aliphatic carbocycles. The van der Waals surface area contributed by atoms with Gasteiger partial charge in [-0.25, -0.2) is 0 Å². The van der Waals surface area contributed by atoms with E-state index in [1.165, 1.54) is 0 Å². The van der Waals surface area contributed by atoms with Crippen molar-refractivity contribution in [3.8, 4) is 0 Å². The zero-order valence-electron chi connectivity index (χ0n) is 10.7. The van der Waals surface area contributed by atoms with Gasteiger partial charge < -0.3 is 25.2 Å². The summed E-state index contributed by atoms with van der Waals surface area (Å²) >= 11 is 5.78. The minimum Gasteiger partial charge on any atom is -0.394 e. The van der Waals surface area contributed by atoms with Crippen molar-refractivity contribution >= 4 is 11.6 Å². The summed E-state index contributed by atoms with van der Waals surface area (Å²) in [5, 5.41) is 41.8. The van der Waals surface area contributed by atoms with Crippen LogP contribution in [0.3, 0.4) is 0 Å². The second kappa shape index (κ2) is 6.82. The third kappa shape index (κ3) is 3.48. The molecule has 1 aromatic rings. The lowest BCUT2D eigenvalue weighted by atomic mass is 9.98. The smallest absolute Gasteiger partial charge is 0.137 e. The first-order valence-corrected chi connectivity index (χ1v) is 6.69. The summed E-state index contributed by atoms with van der Waals surface area (Å²) < 4.78 is 5.33. The van der Waals surface area contributed by atoms with Gasteiger partial charge in [0.25, 0.3) is 0 Å². The lowest BCUT2D eigenvalue weighted by molar-refractivity contribution is -0.236. The summed E-state index contributed by atoms with van der Waals surface area (Å²) in [7, 11) is 0. The summed E-state index contributed by atoms with van der Waals surface area (Å²) in [4.78, 5) is 0. The molecule has 0 radical (unpaired) electrons. The van der Waals surface area contributed by atoms with Gasteiger partial charge in [0.2, 0.25) is 0 Å². The average molecular weight is 304 g/mol. The third-order valence-electron chi connectivity index (χ3n) is 3.31. The normalized spacial score (nSPS) is 34.1. The molecule has 5 N–H and O–H groups in total. The lowest BCUT2D eigenvalue weighted by Crippen LogP contribution is -2.62. The molecule has 2 rings (SSSR count). The first kappa shape index (κ1) is 15.7. The van der Waals surface area contributed by atoms with Crippen molar-refractivity contribution in [2.45, 2.75) is 37.2 Å². The fraction of sp³-hybridized carbons (Fsp3) is 0.538. The molecule has 0 spiro atoms. The van der Waals surface area contributed by atoms with Gasteiger partial charge in [-0.2, -0.15) is 0 Å². The number of rotatable bonds is 4. The highest BCUT2D eigenvalue weighted by Crippen LogP contribution is 2.20. The fourth-order valence-corrected chi connectivity index (χ4v) is 2.22. The van der Waals surface area contributed by atoms with E-state index in [0.717, 1.165) is 5.56 Å². The van der Waals surface area contributed by atoms with Crippen molar-refractivity contribution in [2.24, 2.45) is 0 Å². The highest BCUT2D eigenvalue weighted by atomic mass is 35.5. The van der Waals surface area contributed by atoms with E-state index in [2.05, 4.69) is 5.32 Å². The maximum Gasteiger partial charge on any atom is 0.137 e. The van der Waals surface area contributed by atoms with Gasteiger partial charge in [-0.1, -0.05) is 23.7 Å². The van der Waals surface area contributed by atoms with Crippen LogP contribution in [0.2, 0.25) is 5.02 Å². The van der Waals surface area contributed by atoms with Crippen molar-refractivity contribution in [1.29, 1.82) is 0 Å². The number of ether oxygens (including phenoxy) is 1. The van der Waals surface area contributed by atoms with Crippen LogP contribution in [0.5, 0.6) is 0 Å². The molecule has 1 aromatic carbocycles. The monoisotopic (exact) mass is 303 g/mol. The van der Waals surface area contributed by atoms with E-state index in [1.54, 1.807) is 12.1 Å². The summed E-state index contributed by atoms with van der Waals surface area (Å²) in [5.41, 5.74) is 0.923. The van der Waals surface area contributed by atoms with E-state index in [1.807, 2.05) is 12.1 Å². The van der Waals surface area contributed by atoms with Gasteiger partial charge in [0, 0.05) is 11.6 Å². The SMILES string of the molecule is OC[C@@H]1O[C@@H](NCc2ccc(Cl)cc2)[C@H](O)[C@@H](O)[C@@H]1O. The molecule has 0 aromatic heterocycles. The second-order valence-corrected chi connectivity index (χ2v) is 5.19. The van der Waals surface area contributed by atoms with Crippen LogP contribution in [0.15, 0.2) is 24.3 Å². The molecule has 1 saturated heterocycles. The topological polar surface area (TPSA) is 102 Å². The van der Waals surface area contributed by atoms with Crippen LogP contribution in [0.25, 0.3) is 0 Å². The molecule has 112 valence electrons. The molecule has 1 heterocycles. The maximum atomic E-state index is 9.84. The van der Waals surface area contributed by atoms with Crippen LogP contribution in [0, 0.1) is 0 Å². The Labute approximate surface area is 121 Å². The molecule has 20 heavy (non-hydrogen) atoms. The number of aliphatic hydroxyl groups is 4. The van der Waals surface area contributed by atoms with E-state index >= 15 is 0 Å². The minimum atomic E-state index is -1.37. The zero-order valence-corrected chi connectivity index (χ0v) is 11.4. The molecular weight excluding hydrogens is 286 g/mol. The number of hydrogen-bond donors (Lipinski definition) is 5. The van der Waals surface area contributed by atoms with Crippen molar-refractivity contribution in [3.05, 3.63) is 34.9 Å². The first-order valence-electron chi connectivity index (χ1n) is 6.31. The van der Waals surface area contributed by atoms with Gasteiger partial charge in [0.15, 0.2) is 0 Å². The quantitative estimate of drug-likeness (QED) is 0.501.